The van der Waals surface area contributed by atoms with Crippen molar-refractivity contribution in [3.8, 4) is 0 Å². The van der Waals surface area contributed by atoms with Gasteiger partial charge in [0.05, 0.1) is 11.5 Å². The minimum atomic E-state index is -0.842. The first-order valence-electron chi connectivity index (χ1n) is 5.65. The Bertz CT molecular complexity index is 492. The number of carbonyl (C=O) groups excluding carboxylic acids is 1. The highest BCUT2D eigenvalue weighted by molar-refractivity contribution is 9.10. The minimum Gasteiger partial charge on any atom is -0.481 e. The van der Waals surface area contributed by atoms with Crippen molar-refractivity contribution in [1.29, 1.82) is 0 Å². The first-order valence-corrected chi connectivity index (χ1v) is 6.44. The molecule has 1 N–H and O–H groups in total. The number of carbonyl (C=O) groups is 2. The molecular formula is C12H13BrN2O3. The van der Waals surface area contributed by atoms with Crippen LogP contribution in [0.5, 0.6) is 0 Å². The van der Waals surface area contributed by atoms with Crippen LogP contribution < -0.4 is 0 Å². The van der Waals surface area contributed by atoms with E-state index in [4.69, 9.17) is 5.11 Å². The van der Waals surface area contributed by atoms with Crippen LogP contribution in [0, 0.1) is 5.92 Å². The van der Waals surface area contributed by atoms with Crippen molar-refractivity contribution in [2.45, 2.75) is 19.4 Å². The standard InChI is InChI=1S/C12H13BrN2O3/c1-7-10(12(17)18)2-3-15(7)11(16)8-4-9(13)6-14-5-8/h4-7,10H,2-3H2,1H3,(H,17,18). The highest BCUT2D eigenvalue weighted by Crippen LogP contribution is 2.26. The van der Waals surface area contributed by atoms with Crippen LogP contribution in [0.1, 0.15) is 23.7 Å². The van der Waals surface area contributed by atoms with E-state index >= 15 is 0 Å². The van der Waals surface area contributed by atoms with Crippen molar-refractivity contribution in [2.75, 3.05) is 6.54 Å². The molecule has 1 aromatic rings. The molecule has 6 heteroatoms. The average Bonchev–Trinajstić information content (AvgIpc) is 2.70. The molecule has 1 aliphatic rings. The Morgan fingerprint density at radius 1 is 1.50 bits per heavy atom. The summed E-state index contributed by atoms with van der Waals surface area (Å²) in [5.74, 6) is -1.49. The largest absolute Gasteiger partial charge is 0.481 e. The van der Waals surface area contributed by atoms with E-state index in [0.717, 1.165) is 4.47 Å². The monoisotopic (exact) mass is 312 g/mol. The van der Waals surface area contributed by atoms with Gasteiger partial charge < -0.3 is 10.0 Å². The van der Waals surface area contributed by atoms with E-state index in [9.17, 15) is 9.59 Å². The van der Waals surface area contributed by atoms with E-state index < -0.39 is 11.9 Å². The summed E-state index contributed by atoms with van der Waals surface area (Å²) in [6, 6.07) is 1.41. The number of carboxylic acid groups (broad SMARTS) is 1. The van der Waals surface area contributed by atoms with Crippen molar-refractivity contribution < 1.29 is 14.7 Å². The Labute approximate surface area is 113 Å². The number of pyridine rings is 1. The maximum absolute atomic E-state index is 12.2. The molecule has 0 bridgehead atoms. The molecule has 0 saturated carbocycles. The van der Waals surface area contributed by atoms with Gasteiger partial charge >= 0.3 is 5.97 Å². The van der Waals surface area contributed by atoms with E-state index in [-0.39, 0.29) is 11.9 Å². The molecular weight excluding hydrogens is 300 g/mol. The zero-order valence-corrected chi connectivity index (χ0v) is 11.4. The second-order valence-corrected chi connectivity index (χ2v) is 5.28. The zero-order valence-electron chi connectivity index (χ0n) is 9.84. The lowest BCUT2D eigenvalue weighted by Gasteiger charge is -2.23. The predicted octanol–water partition coefficient (Wildman–Crippen LogP) is 1.78. The number of nitrogens with zero attached hydrogens (tertiary/aromatic N) is 2. The molecule has 2 unspecified atom stereocenters. The van der Waals surface area contributed by atoms with Crippen LogP contribution in [0.25, 0.3) is 0 Å². The van der Waals surface area contributed by atoms with Gasteiger partial charge in [0.2, 0.25) is 0 Å². The van der Waals surface area contributed by atoms with E-state index in [2.05, 4.69) is 20.9 Å². The molecule has 2 heterocycles. The molecule has 1 aliphatic heterocycles. The summed E-state index contributed by atoms with van der Waals surface area (Å²) in [5, 5.41) is 9.04. The molecule has 1 aromatic heterocycles. The van der Waals surface area contributed by atoms with Crippen LogP contribution in [-0.4, -0.2) is 39.5 Å². The average molecular weight is 313 g/mol. The van der Waals surface area contributed by atoms with Gasteiger partial charge in [0.25, 0.3) is 5.91 Å². The lowest BCUT2D eigenvalue weighted by atomic mass is 10.0. The third kappa shape index (κ3) is 2.38. The molecule has 0 aromatic carbocycles. The van der Waals surface area contributed by atoms with Gasteiger partial charge in [-0.3, -0.25) is 14.6 Å². The summed E-state index contributed by atoms with van der Waals surface area (Å²) in [6.07, 6.45) is 3.60. The predicted molar refractivity (Wildman–Crippen MR) is 68.2 cm³/mol. The van der Waals surface area contributed by atoms with Crippen molar-refractivity contribution >= 4 is 27.8 Å². The van der Waals surface area contributed by atoms with Gasteiger partial charge in [-0.1, -0.05) is 0 Å². The number of aliphatic carboxylic acids is 1. The van der Waals surface area contributed by atoms with E-state index in [1.54, 1.807) is 24.1 Å². The van der Waals surface area contributed by atoms with Gasteiger partial charge in [-0.15, -0.1) is 0 Å². The number of rotatable bonds is 2. The molecule has 0 radical (unpaired) electrons. The third-order valence-corrected chi connectivity index (χ3v) is 3.72. The van der Waals surface area contributed by atoms with E-state index in [0.29, 0.717) is 18.5 Å². The van der Waals surface area contributed by atoms with Crippen molar-refractivity contribution in [1.82, 2.24) is 9.88 Å². The topological polar surface area (TPSA) is 70.5 Å². The Morgan fingerprint density at radius 2 is 2.22 bits per heavy atom. The molecule has 1 saturated heterocycles. The number of hydrogen-bond acceptors (Lipinski definition) is 3. The zero-order chi connectivity index (χ0) is 13.3. The van der Waals surface area contributed by atoms with Crippen molar-refractivity contribution in [3.63, 3.8) is 0 Å². The fourth-order valence-corrected chi connectivity index (χ4v) is 2.62. The lowest BCUT2D eigenvalue weighted by Crippen LogP contribution is -2.37. The van der Waals surface area contributed by atoms with Gasteiger partial charge in [-0.2, -0.15) is 0 Å². The number of amides is 1. The van der Waals surface area contributed by atoms with Crippen LogP contribution >= 0.6 is 15.9 Å². The molecule has 1 fully saturated rings. The Hall–Kier alpha value is -1.43. The van der Waals surface area contributed by atoms with Gasteiger partial charge in [-0.25, -0.2) is 0 Å². The van der Waals surface area contributed by atoms with Crippen LogP contribution in [-0.2, 0) is 4.79 Å². The number of likely N-dealkylation sites (tertiary alicyclic amines) is 1. The van der Waals surface area contributed by atoms with Crippen LogP contribution in [0.3, 0.4) is 0 Å². The maximum Gasteiger partial charge on any atom is 0.308 e. The third-order valence-electron chi connectivity index (χ3n) is 3.28. The van der Waals surface area contributed by atoms with Gasteiger partial charge in [0.15, 0.2) is 0 Å². The summed E-state index contributed by atoms with van der Waals surface area (Å²) in [4.78, 5) is 28.8. The van der Waals surface area contributed by atoms with Crippen molar-refractivity contribution in [3.05, 3.63) is 28.5 Å². The fraction of sp³-hybridized carbons (Fsp3) is 0.417. The molecule has 18 heavy (non-hydrogen) atoms. The van der Waals surface area contributed by atoms with Crippen LogP contribution in [0.15, 0.2) is 22.9 Å². The number of carboxylic acids is 1. The van der Waals surface area contributed by atoms with Gasteiger partial charge in [0.1, 0.15) is 0 Å². The molecule has 0 spiro atoms. The second kappa shape index (κ2) is 5.06. The molecule has 5 nitrogen and oxygen atoms in total. The summed E-state index contributed by atoms with van der Waals surface area (Å²) in [6.45, 7) is 2.25. The maximum atomic E-state index is 12.2. The second-order valence-electron chi connectivity index (χ2n) is 4.36. The number of hydrogen-bond donors (Lipinski definition) is 1. The fourth-order valence-electron chi connectivity index (χ4n) is 2.25. The Balaban J connectivity index is 2.18. The van der Waals surface area contributed by atoms with E-state index in [1.807, 2.05) is 0 Å². The normalized spacial score (nSPS) is 23.1. The quantitative estimate of drug-likeness (QED) is 0.903. The van der Waals surface area contributed by atoms with Crippen LogP contribution in [0.2, 0.25) is 0 Å². The number of aromatic nitrogens is 1. The Morgan fingerprint density at radius 3 is 2.78 bits per heavy atom. The highest BCUT2D eigenvalue weighted by Gasteiger charge is 2.38. The number of halogens is 1. The first kappa shape index (κ1) is 13.0. The lowest BCUT2D eigenvalue weighted by molar-refractivity contribution is -0.142. The Kier molecular flexibility index (Phi) is 3.65. The SMILES string of the molecule is CC1C(C(=O)O)CCN1C(=O)c1cncc(Br)c1. The summed E-state index contributed by atoms with van der Waals surface area (Å²) < 4.78 is 0.731. The smallest absolute Gasteiger partial charge is 0.308 e. The van der Waals surface area contributed by atoms with Gasteiger partial charge in [-0.05, 0) is 35.3 Å². The molecule has 1 amide bonds. The molecule has 0 aliphatic carbocycles. The minimum absolute atomic E-state index is 0.167. The van der Waals surface area contributed by atoms with Gasteiger partial charge in [0, 0.05) is 29.5 Å². The van der Waals surface area contributed by atoms with Crippen LogP contribution in [0.4, 0.5) is 0 Å². The molecule has 96 valence electrons. The van der Waals surface area contributed by atoms with Crippen molar-refractivity contribution in [2.24, 2.45) is 5.92 Å². The summed E-state index contributed by atoms with van der Waals surface area (Å²) >= 11 is 3.26. The first-order chi connectivity index (χ1) is 8.50. The van der Waals surface area contributed by atoms with E-state index in [1.165, 1.54) is 6.20 Å². The summed E-state index contributed by atoms with van der Waals surface area (Å²) in [7, 11) is 0. The highest BCUT2D eigenvalue weighted by atomic mass is 79.9. The summed E-state index contributed by atoms with van der Waals surface area (Å²) in [5.41, 5.74) is 0.474. The molecule has 2 rings (SSSR count). The molecule has 2 atom stereocenters.